The third-order valence-corrected chi connectivity index (χ3v) is 7.13. The van der Waals surface area contributed by atoms with Gasteiger partial charge in [-0.3, -0.25) is 4.79 Å². The fourth-order valence-electron chi connectivity index (χ4n) is 5.90. The van der Waals surface area contributed by atoms with Crippen molar-refractivity contribution in [3.63, 3.8) is 0 Å². The van der Waals surface area contributed by atoms with Gasteiger partial charge in [0.1, 0.15) is 0 Å². The van der Waals surface area contributed by atoms with E-state index in [1.54, 1.807) is 0 Å². The molecule has 3 rings (SSSR count). The largest absolute Gasteiger partial charge is 0.505 e. The molecular weight excluding hydrogens is 288 g/mol. The van der Waals surface area contributed by atoms with Crippen LogP contribution in [0.25, 0.3) is 0 Å². The van der Waals surface area contributed by atoms with Gasteiger partial charge in [-0.2, -0.15) is 0 Å². The Morgan fingerprint density at radius 2 is 1.78 bits per heavy atom. The second-order valence-electron chi connectivity index (χ2n) is 9.06. The summed E-state index contributed by atoms with van der Waals surface area (Å²) in [5, 5.41) is 10.3. The lowest BCUT2D eigenvalue weighted by Crippen LogP contribution is -2.63. The number of ketones is 1. The molecule has 0 aromatic heterocycles. The summed E-state index contributed by atoms with van der Waals surface area (Å²) in [6, 6.07) is 0. The van der Waals surface area contributed by atoms with Crippen molar-refractivity contribution in [3.05, 3.63) is 24.5 Å². The maximum Gasteiger partial charge on any atom is 0.202 e. The molecule has 2 fully saturated rings. The lowest BCUT2D eigenvalue weighted by atomic mass is 9.46. The first-order chi connectivity index (χ1) is 10.5. The Morgan fingerprint density at radius 3 is 2.39 bits per heavy atom. The molecule has 0 aromatic rings. The van der Waals surface area contributed by atoms with Crippen LogP contribution in [0.2, 0.25) is 0 Å². The van der Waals surface area contributed by atoms with Crippen LogP contribution in [0, 0.1) is 22.7 Å². The van der Waals surface area contributed by atoms with Crippen molar-refractivity contribution in [2.45, 2.75) is 71.5 Å². The molecular formula is C20H30O3. The predicted molar refractivity (Wildman–Crippen MR) is 91.1 cm³/mol. The van der Waals surface area contributed by atoms with E-state index in [-0.39, 0.29) is 34.1 Å². The number of carbonyl (C=O) groups is 1. The minimum Gasteiger partial charge on any atom is -0.505 e. The van der Waals surface area contributed by atoms with Gasteiger partial charge in [-0.15, -0.1) is 6.58 Å². The van der Waals surface area contributed by atoms with E-state index < -0.39 is 5.41 Å². The van der Waals surface area contributed by atoms with Crippen LogP contribution in [-0.2, 0) is 9.53 Å². The summed E-state index contributed by atoms with van der Waals surface area (Å²) in [6.07, 6.45) is 7.62. The monoisotopic (exact) mass is 318 g/mol. The first kappa shape index (κ1) is 16.8. The molecule has 0 unspecified atom stereocenters. The minimum absolute atomic E-state index is 0.0601. The third-order valence-electron chi connectivity index (χ3n) is 7.13. The van der Waals surface area contributed by atoms with E-state index in [0.717, 1.165) is 25.7 Å². The van der Waals surface area contributed by atoms with E-state index >= 15 is 0 Å². The molecule has 0 radical (unpaired) electrons. The van der Waals surface area contributed by atoms with Crippen LogP contribution < -0.4 is 0 Å². The predicted octanol–water partition coefficient (Wildman–Crippen LogP) is 4.58. The lowest BCUT2D eigenvalue weighted by molar-refractivity contribution is -0.236. The quantitative estimate of drug-likeness (QED) is 0.720. The Kier molecular flexibility index (Phi) is 3.44. The molecule has 128 valence electrons. The van der Waals surface area contributed by atoms with Crippen molar-refractivity contribution in [3.8, 4) is 0 Å². The summed E-state index contributed by atoms with van der Waals surface area (Å²) in [6.45, 7) is 14.4. The minimum atomic E-state index is -0.520. The Bertz CT molecular complexity index is 590. The number of allylic oxidation sites excluding steroid dienone is 2. The third kappa shape index (κ3) is 2.15. The molecule has 23 heavy (non-hydrogen) atoms. The standard InChI is InChI=1S/C20H30O3/c1-7-18(4)10-8-15-19(5)12-13(21)16(22)17(2,3)14(19)9-11-20(15,6)23-18/h7,12,14-15,21H,1,8-11H2,2-6H3/t14-,15+,18+,19-,20-/m0/s1. The number of Topliss-reactive ketones (excluding diaryl/α,β-unsaturated/α-hetero) is 1. The van der Waals surface area contributed by atoms with Crippen molar-refractivity contribution < 1.29 is 14.6 Å². The summed E-state index contributed by atoms with van der Waals surface area (Å²) in [5.74, 6) is 0.371. The van der Waals surface area contributed by atoms with E-state index in [1.807, 2.05) is 26.0 Å². The highest BCUT2D eigenvalue weighted by Gasteiger charge is 2.63. The summed E-state index contributed by atoms with van der Waals surface area (Å²) in [4.78, 5) is 12.5. The number of aliphatic hydroxyl groups is 1. The summed E-state index contributed by atoms with van der Waals surface area (Å²) < 4.78 is 6.55. The van der Waals surface area contributed by atoms with Crippen LogP contribution >= 0.6 is 0 Å². The second-order valence-corrected chi connectivity index (χ2v) is 9.06. The molecule has 1 N–H and O–H groups in total. The number of fused-ring (bicyclic) bond motifs is 3. The lowest BCUT2D eigenvalue weighted by Gasteiger charge is -2.63. The highest BCUT2D eigenvalue weighted by molar-refractivity contribution is 5.98. The fourth-order valence-corrected chi connectivity index (χ4v) is 5.90. The van der Waals surface area contributed by atoms with E-state index in [2.05, 4.69) is 27.4 Å². The molecule has 1 heterocycles. The Balaban J connectivity index is 2.07. The van der Waals surface area contributed by atoms with E-state index in [4.69, 9.17) is 4.74 Å². The number of hydrogen-bond donors (Lipinski definition) is 1. The van der Waals surface area contributed by atoms with Gasteiger partial charge in [0.25, 0.3) is 0 Å². The van der Waals surface area contributed by atoms with Crippen molar-refractivity contribution in [2.24, 2.45) is 22.7 Å². The topological polar surface area (TPSA) is 46.5 Å². The Morgan fingerprint density at radius 1 is 1.17 bits per heavy atom. The molecule has 3 heteroatoms. The van der Waals surface area contributed by atoms with Crippen LogP contribution in [0.4, 0.5) is 0 Å². The van der Waals surface area contributed by atoms with Gasteiger partial charge < -0.3 is 9.84 Å². The molecule has 1 saturated carbocycles. The molecule has 1 aliphatic heterocycles. The van der Waals surface area contributed by atoms with Gasteiger partial charge in [-0.05, 0) is 62.9 Å². The number of aliphatic hydroxyl groups excluding tert-OH is 1. The normalized spacial score (nSPS) is 48.9. The molecule has 0 spiro atoms. The van der Waals surface area contributed by atoms with Crippen LogP contribution in [-0.4, -0.2) is 22.1 Å². The second kappa shape index (κ2) is 4.72. The van der Waals surface area contributed by atoms with Gasteiger partial charge >= 0.3 is 0 Å². The average molecular weight is 318 g/mol. The molecule has 0 aromatic carbocycles. The number of hydrogen-bond acceptors (Lipinski definition) is 3. The first-order valence-electron chi connectivity index (χ1n) is 8.79. The SMILES string of the molecule is C=C[C@]1(C)CC[C@@H]2[C@@]3(C)C=C(O)C(=O)C(C)(C)[C@@H]3CC[C@]2(C)O1. The van der Waals surface area contributed by atoms with E-state index in [0.29, 0.717) is 5.92 Å². The van der Waals surface area contributed by atoms with Crippen molar-refractivity contribution in [2.75, 3.05) is 0 Å². The van der Waals surface area contributed by atoms with Crippen LogP contribution in [0.1, 0.15) is 60.3 Å². The number of ether oxygens (including phenoxy) is 1. The Hall–Kier alpha value is -1.09. The fraction of sp³-hybridized carbons (Fsp3) is 0.750. The zero-order valence-electron chi connectivity index (χ0n) is 15.1. The van der Waals surface area contributed by atoms with E-state index in [1.165, 1.54) is 0 Å². The zero-order chi connectivity index (χ0) is 17.3. The smallest absolute Gasteiger partial charge is 0.202 e. The van der Waals surface area contributed by atoms with Crippen LogP contribution in [0.15, 0.2) is 24.5 Å². The molecule has 0 bridgehead atoms. The first-order valence-corrected chi connectivity index (χ1v) is 8.79. The van der Waals surface area contributed by atoms with Crippen molar-refractivity contribution in [1.82, 2.24) is 0 Å². The maximum atomic E-state index is 12.5. The molecule has 0 amide bonds. The van der Waals surface area contributed by atoms with Gasteiger partial charge in [0, 0.05) is 5.41 Å². The highest BCUT2D eigenvalue weighted by Crippen LogP contribution is 2.63. The molecule has 2 aliphatic carbocycles. The molecule has 5 atom stereocenters. The molecule has 1 saturated heterocycles. The van der Waals surface area contributed by atoms with Crippen LogP contribution in [0.5, 0.6) is 0 Å². The summed E-state index contributed by atoms with van der Waals surface area (Å²) in [5.41, 5.74) is -1.25. The molecule has 3 nitrogen and oxygen atoms in total. The molecule has 3 aliphatic rings. The van der Waals surface area contributed by atoms with E-state index in [9.17, 15) is 9.90 Å². The maximum absolute atomic E-state index is 12.5. The van der Waals surface area contributed by atoms with Crippen molar-refractivity contribution in [1.29, 1.82) is 0 Å². The van der Waals surface area contributed by atoms with Gasteiger partial charge in [0.05, 0.1) is 11.2 Å². The van der Waals surface area contributed by atoms with Crippen molar-refractivity contribution >= 4 is 5.78 Å². The summed E-state index contributed by atoms with van der Waals surface area (Å²) in [7, 11) is 0. The number of carbonyl (C=O) groups excluding carboxylic acids is 1. The Labute approximate surface area is 139 Å². The van der Waals surface area contributed by atoms with Crippen LogP contribution in [0.3, 0.4) is 0 Å². The summed E-state index contributed by atoms with van der Waals surface area (Å²) >= 11 is 0. The van der Waals surface area contributed by atoms with Gasteiger partial charge in [0.2, 0.25) is 5.78 Å². The van der Waals surface area contributed by atoms with Gasteiger partial charge in [-0.1, -0.05) is 26.8 Å². The average Bonchev–Trinajstić information content (AvgIpc) is 2.43. The van der Waals surface area contributed by atoms with Gasteiger partial charge in [-0.25, -0.2) is 0 Å². The number of rotatable bonds is 1. The highest BCUT2D eigenvalue weighted by atomic mass is 16.5. The zero-order valence-corrected chi connectivity index (χ0v) is 15.1. The van der Waals surface area contributed by atoms with Gasteiger partial charge in [0.15, 0.2) is 5.76 Å².